The molecule has 2 heterocycles. The number of aryl methyl sites for hydroxylation is 1. The molecule has 1 fully saturated rings. The van der Waals surface area contributed by atoms with Crippen molar-refractivity contribution in [2.45, 2.75) is 26.7 Å². The summed E-state index contributed by atoms with van der Waals surface area (Å²) in [6.45, 7) is 10.3. The van der Waals surface area contributed by atoms with Crippen LogP contribution in [0.15, 0.2) is 6.07 Å². The van der Waals surface area contributed by atoms with Crippen LogP contribution in [0.2, 0.25) is 0 Å². The summed E-state index contributed by atoms with van der Waals surface area (Å²) >= 11 is 0. The molecular weight excluding hydrogens is 236 g/mol. The molecule has 0 unspecified atom stereocenters. The van der Waals surface area contributed by atoms with Crippen LogP contribution >= 0.6 is 0 Å². The molecule has 1 aliphatic heterocycles. The Hall–Kier alpha value is -1.60. The number of nitriles is 1. The predicted octanol–water partition coefficient (Wildman–Crippen LogP) is 2.14. The molecule has 0 aromatic carbocycles. The molecule has 0 N–H and O–H groups in total. The van der Waals surface area contributed by atoms with E-state index in [2.05, 4.69) is 36.8 Å². The van der Waals surface area contributed by atoms with Crippen molar-refractivity contribution in [3.8, 4) is 6.07 Å². The van der Waals surface area contributed by atoms with Crippen molar-refractivity contribution >= 4 is 5.82 Å². The molecule has 0 saturated carbocycles. The molecule has 19 heavy (non-hydrogen) atoms. The van der Waals surface area contributed by atoms with Gasteiger partial charge in [0.25, 0.3) is 0 Å². The summed E-state index contributed by atoms with van der Waals surface area (Å²) in [5, 5.41) is 9.37. The summed E-state index contributed by atoms with van der Waals surface area (Å²) in [4.78, 5) is 9.23. The molecule has 0 amide bonds. The first-order chi connectivity index (χ1) is 9.02. The van der Waals surface area contributed by atoms with E-state index in [1.54, 1.807) is 0 Å². The first kappa shape index (κ1) is 13.8. The Balaban J connectivity index is 2.35. The molecule has 1 aromatic rings. The summed E-state index contributed by atoms with van der Waals surface area (Å²) in [5.41, 5.74) is 2.93. The lowest BCUT2D eigenvalue weighted by Gasteiger charge is -2.34. The van der Waals surface area contributed by atoms with Gasteiger partial charge in [0.15, 0.2) is 0 Å². The van der Waals surface area contributed by atoms with Gasteiger partial charge in [-0.05, 0) is 31.5 Å². The zero-order valence-electron chi connectivity index (χ0n) is 12.3. The highest BCUT2D eigenvalue weighted by Gasteiger charge is 2.20. The summed E-state index contributed by atoms with van der Waals surface area (Å²) in [6, 6.07) is 4.32. The van der Waals surface area contributed by atoms with Crippen molar-refractivity contribution in [1.29, 1.82) is 5.26 Å². The van der Waals surface area contributed by atoms with Crippen molar-refractivity contribution in [3.63, 3.8) is 0 Å². The number of piperazine rings is 1. The maximum absolute atomic E-state index is 9.37. The van der Waals surface area contributed by atoms with Gasteiger partial charge in [0.1, 0.15) is 11.9 Å². The van der Waals surface area contributed by atoms with Crippen LogP contribution in [-0.2, 0) is 0 Å². The summed E-state index contributed by atoms with van der Waals surface area (Å²) < 4.78 is 0. The van der Waals surface area contributed by atoms with Crippen molar-refractivity contribution < 1.29 is 0 Å². The molecule has 0 aliphatic carbocycles. The van der Waals surface area contributed by atoms with E-state index in [4.69, 9.17) is 4.98 Å². The van der Waals surface area contributed by atoms with Crippen LogP contribution in [0.3, 0.4) is 0 Å². The lowest BCUT2D eigenvalue weighted by Crippen LogP contribution is -2.45. The number of anilines is 1. The van der Waals surface area contributed by atoms with Crippen LogP contribution in [0.5, 0.6) is 0 Å². The van der Waals surface area contributed by atoms with Crippen molar-refractivity contribution in [2.75, 3.05) is 38.1 Å². The van der Waals surface area contributed by atoms with Gasteiger partial charge in [-0.25, -0.2) is 4.98 Å². The third-order valence-electron chi connectivity index (χ3n) is 3.78. The number of pyridine rings is 1. The molecule has 0 radical (unpaired) electrons. The highest BCUT2D eigenvalue weighted by molar-refractivity contribution is 5.56. The first-order valence-electron chi connectivity index (χ1n) is 6.88. The Kier molecular flexibility index (Phi) is 4.06. The summed E-state index contributed by atoms with van der Waals surface area (Å²) in [6.07, 6.45) is 0. The fourth-order valence-corrected chi connectivity index (χ4v) is 2.53. The maximum Gasteiger partial charge on any atom is 0.146 e. The Morgan fingerprint density at radius 1 is 1.26 bits per heavy atom. The lowest BCUT2D eigenvalue weighted by atomic mass is 9.99. The predicted molar refractivity (Wildman–Crippen MR) is 77.5 cm³/mol. The normalized spacial score (nSPS) is 16.7. The Bertz CT molecular complexity index is 494. The number of hydrogen-bond donors (Lipinski definition) is 0. The van der Waals surface area contributed by atoms with Gasteiger partial charge in [0.2, 0.25) is 0 Å². The minimum atomic E-state index is 0.404. The van der Waals surface area contributed by atoms with Crippen LogP contribution in [0.4, 0.5) is 5.82 Å². The van der Waals surface area contributed by atoms with Crippen molar-refractivity contribution in [1.82, 2.24) is 9.88 Å². The molecule has 102 valence electrons. The number of nitrogens with zero attached hydrogens (tertiary/aromatic N) is 4. The molecule has 4 nitrogen and oxygen atoms in total. The van der Waals surface area contributed by atoms with E-state index < -0.39 is 0 Å². The largest absolute Gasteiger partial charge is 0.353 e. The number of aromatic nitrogens is 1. The van der Waals surface area contributed by atoms with Gasteiger partial charge in [-0.1, -0.05) is 13.8 Å². The molecule has 1 saturated heterocycles. The van der Waals surface area contributed by atoms with Gasteiger partial charge >= 0.3 is 0 Å². The van der Waals surface area contributed by atoms with Crippen molar-refractivity contribution in [3.05, 3.63) is 22.9 Å². The smallest absolute Gasteiger partial charge is 0.146 e. The standard InChI is InChI=1S/C15H22N4/c1-11(2)14-9-13(10-16)15(17-12(14)3)19-7-5-18(4)6-8-19/h9,11H,5-8H2,1-4H3. The van der Waals surface area contributed by atoms with E-state index in [1.807, 2.05) is 13.0 Å². The molecule has 1 aromatic heterocycles. The molecule has 0 atom stereocenters. The van der Waals surface area contributed by atoms with Crippen LogP contribution in [0, 0.1) is 18.3 Å². The lowest BCUT2D eigenvalue weighted by molar-refractivity contribution is 0.312. The Morgan fingerprint density at radius 3 is 2.42 bits per heavy atom. The van der Waals surface area contributed by atoms with E-state index in [-0.39, 0.29) is 0 Å². The van der Waals surface area contributed by atoms with Gasteiger partial charge in [0, 0.05) is 31.9 Å². The maximum atomic E-state index is 9.37. The second-order valence-electron chi connectivity index (χ2n) is 5.59. The summed E-state index contributed by atoms with van der Waals surface area (Å²) in [7, 11) is 2.13. The van der Waals surface area contributed by atoms with Crippen LogP contribution < -0.4 is 4.90 Å². The first-order valence-corrected chi connectivity index (χ1v) is 6.88. The molecule has 4 heteroatoms. The second kappa shape index (κ2) is 5.58. The van der Waals surface area contributed by atoms with Gasteiger partial charge in [0.05, 0.1) is 5.56 Å². The fourth-order valence-electron chi connectivity index (χ4n) is 2.53. The molecule has 2 rings (SSSR count). The molecule has 0 spiro atoms. The Labute approximate surface area is 115 Å². The van der Waals surface area contributed by atoms with Crippen LogP contribution in [0.1, 0.15) is 36.6 Å². The zero-order chi connectivity index (χ0) is 14.0. The van der Waals surface area contributed by atoms with Gasteiger partial charge in [-0.3, -0.25) is 0 Å². The average molecular weight is 258 g/mol. The molecule has 1 aliphatic rings. The quantitative estimate of drug-likeness (QED) is 0.815. The topological polar surface area (TPSA) is 43.2 Å². The highest BCUT2D eigenvalue weighted by Crippen LogP contribution is 2.26. The fraction of sp³-hybridized carbons (Fsp3) is 0.600. The third-order valence-corrected chi connectivity index (χ3v) is 3.78. The van der Waals surface area contributed by atoms with Gasteiger partial charge in [-0.2, -0.15) is 5.26 Å². The monoisotopic (exact) mass is 258 g/mol. The highest BCUT2D eigenvalue weighted by atomic mass is 15.3. The minimum absolute atomic E-state index is 0.404. The summed E-state index contributed by atoms with van der Waals surface area (Å²) in [5.74, 6) is 1.26. The zero-order valence-corrected chi connectivity index (χ0v) is 12.3. The van der Waals surface area contributed by atoms with E-state index >= 15 is 0 Å². The third kappa shape index (κ3) is 2.87. The van der Waals surface area contributed by atoms with E-state index in [0.29, 0.717) is 11.5 Å². The second-order valence-corrected chi connectivity index (χ2v) is 5.59. The van der Waals surface area contributed by atoms with Crippen LogP contribution in [-0.4, -0.2) is 43.1 Å². The average Bonchev–Trinajstić information content (AvgIpc) is 2.39. The molecular formula is C15H22N4. The van der Waals surface area contributed by atoms with E-state index in [0.717, 1.165) is 37.7 Å². The number of likely N-dealkylation sites (N-methyl/N-ethyl adjacent to an activating group) is 1. The molecule has 0 bridgehead atoms. The number of hydrogen-bond acceptors (Lipinski definition) is 4. The van der Waals surface area contributed by atoms with Gasteiger partial charge in [-0.15, -0.1) is 0 Å². The minimum Gasteiger partial charge on any atom is -0.353 e. The van der Waals surface area contributed by atoms with Crippen LogP contribution in [0.25, 0.3) is 0 Å². The SMILES string of the molecule is Cc1nc(N2CCN(C)CC2)c(C#N)cc1C(C)C. The van der Waals surface area contributed by atoms with E-state index in [1.165, 1.54) is 5.56 Å². The number of rotatable bonds is 2. The Morgan fingerprint density at radius 2 is 1.89 bits per heavy atom. The van der Waals surface area contributed by atoms with E-state index in [9.17, 15) is 5.26 Å². The van der Waals surface area contributed by atoms with Gasteiger partial charge < -0.3 is 9.80 Å². The van der Waals surface area contributed by atoms with Crippen molar-refractivity contribution in [2.24, 2.45) is 0 Å².